The maximum Gasteiger partial charge on any atom is 0.120 e. The fourth-order valence-electron chi connectivity index (χ4n) is 1.15. The van der Waals surface area contributed by atoms with Gasteiger partial charge < -0.3 is 5.32 Å². The van der Waals surface area contributed by atoms with Gasteiger partial charge in [0.25, 0.3) is 0 Å². The molecule has 1 aliphatic rings. The van der Waals surface area contributed by atoms with Crippen molar-refractivity contribution < 1.29 is 0 Å². The monoisotopic (exact) mass is 192 g/mol. The molecule has 0 bridgehead atoms. The normalized spacial score (nSPS) is 20.7. The van der Waals surface area contributed by atoms with E-state index in [0.29, 0.717) is 0 Å². The Morgan fingerprint density at radius 2 is 2.31 bits per heavy atom. The third kappa shape index (κ3) is 1.90. The summed E-state index contributed by atoms with van der Waals surface area (Å²) < 4.78 is 0. The van der Waals surface area contributed by atoms with Crippen LogP contribution in [0.4, 0.5) is 0 Å². The van der Waals surface area contributed by atoms with Crippen LogP contribution in [0, 0.1) is 0 Å². The summed E-state index contributed by atoms with van der Waals surface area (Å²) in [5, 5.41) is 3.01. The van der Waals surface area contributed by atoms with E-state index in [1.54, 1.807) is 6.20 Å². The number of allylic oxidation sites excluding steroid dienone is 2. The molecule has 1 atom stereocenters. The van der Waals surface area contributed by atoms with Crippen molar-refractivity contribution in [1.82, 2.24) is 10.3 Å². The summed E-state index contributed by atoms with van der Waals surface area (Å²) >= 11 is 5.81. The van der Waals surface area contributed by atoms with E-state index < -0.39 is 0 Å². The third-order valence-corrected chi connectivity index (χ3v) is 2.07. The number of nitrogens with zero attached hydrogens (tertiary/aromatic N) is 1. The molecule has 1 unspecified atom stereocenters. The summed E-state index contributed by atoms with van der Waals surface area (Å²) in [6.45, 7) is 0. The lowest BCUT2D eigenvalue weighted by atomic mass is 10.1. The summed E-state index contributed by atoms with van der Waals surface area (Å²) in [7, 11) is 0. The Kier molecular flexibility index (Phi) is 2.32. The van der Waals surface area contributed by atoms with Gasteiger partial charge in [-0.05, 0) is 18.2 Å². The molecule has 0 spiro atoms. The number of dihydropyridines is 1. The van der Waals surface area contributed by atoms with E-state index in [2.05, 4.69) is 10.3 Å². The predicted octanol–water partition coefficient (Wildman–Crippen LogP) is 2.15. The van der Waals surface area contributed by atoms with Gasteiger partial charge in [0.05, 0.1) is 5.69 Å². The molecule has 1 aliphatic heterocycles. The molecule has 1 N–H and O–H groups in total. The molecule has 2 heterocycles. The van der Waals surface area contributed by atoms with Crippen LogP contribution in [0.3, 0.4) is 0 Å². The number of rotatable bonds is 1. The van der Waals surface area contributed by atoms with E-state index in [9.17, 15) is 0 Å². The largest absolute Gasteiger partial charge is 0.371 e. The third-order valence-electron chi connectivity index (χ3n) is 1.80. The predicted molar refractivity (Wildman–Crippen MR) is 54.1 cm³/mol. The van der Waals surface area contributed by atoms with Gasteiger partial charge in [0.2, 0.25) is 0 Å². The maximum absolute atomic E-state index is 5.81. The SMILES string of the molecule is ClC1C=CC(c2ccccn2)=CN1. The minimum absolute atomic E-state index is 0.104. The Balaban J connectivity index is 2.25. The Morgan fingerprint density at radius 3 is 2.92 bits per heavy atom. The van der Waals surface area contributed by atoms with Crippen LogP contribution in [-0.2, 0) is 0 Å². The van der Waals surface area contributed by atoms with E-state index in [-0.39, 0.29) is 5.50 Å². The number of hydrogen-bond donors (Lipinski definition) is 1. The second kappa shape index (κ2) is 3.62. The lowest BCUT2D eigenvalue weighted by Crippen LogP contribution is -2.18. The van der Waals surface area contributed by atoms with Crippen LogP contribution in [0.2, 0.25) is 0 Å². The summed E-state index contributed by atoms with van der Waals surface area (Å²) in [5.41, 5.74) is 1.90. The zero-order valence-corrected chi connectivity index (χ0v) is 7.70. The average molecular weight is 193 g/mol. The second-order valence-corrected chi connectivity index (χ2v) is 3.21. The summed E-state index contributed by atoms with van der Waals surface area (Å²) in [6.07, 6.45) is 7.51. The Hall–Kier alpha value is -1.28. The molecule has 13 heavy (non-hydrogen) atoms. The molecule has 0 amide bonds. The van der Waals surface area contributed by atoms with Crippen molar-refractivity contribution in [2.45, 2.75) is 5.50 Å². The average Bonchev–Trinajstić information content (AvgIpc) is 2.20. The van der Waals surface area contributed by atoms with Gasteiger partial charge in [0.15, 0.2) is 0 Å². The van der Waals surface area contributed by atoms with E-state index in [1.165, 1.54) is 0 Å². The molecule has 0 saturated carbocycles. The van der Waals surface area contributed by atoms with Gasteiger partial charge in [0.1, 0.15) is 5.50 Å². The van der Waals surface area contributed by atoms with Gasteiger partial charge in [-0.15, -0.1) is 0 Å². The number of halogens is 1. The molecular weight excluding hydrogens is 184 g/mol. The van der Waals surface area contributed by atoms with Gasteiger partial charge in [-0.3, -0.25) is 4.98 Å². The van der Waals surface area contributed by atoms with Crippen LogP contribution >= 0.6 is 11.6 Å². The van der Waals surface area contributed by atoms with Gasteiger partial charge in [-0.25, -0.2) is 0 Å². The Morgan fingerprint density at radius 1 is 1.38 bits per heavy atom. The molecule has 66 valence electrons. The van der Waals surface area contributed by atoms with Crippen molar-refractivity contribution in [3.63, 3.8) is 0 Å². The first-order valence-electron chi connectivity index (χ1n) is 4.06. The minimum atomic E-state index is -0.104. The van der Waals surface area contributed by atoms with Crippen molar-refractivity contribution in [3.8, 4) is 0 Å². The van der Waals surface area contributed by atoms with Crippen molar-refractivity contribution >= 4 is 17.2 Å². The quantitative estimate of drug-likeness (QED) is 0.545. The Bertz CT molecular complexity index is 343. The van der Waals surface area contributed by atoms with Crippen molar-refractivity contribution in [3.05, 3.63) is 48.4 Å². The highest BCUT2D eigenvalue weighted by Gasteiger charge is 2.05. The topological polar surface area (TPSA) is 24.9 Å². The van der Waals surface area contributed by atoms with Gasteiger partial charge >= 0.3 is 0 Å². The summed E-state index contributed by atoms with van der Waals surface area (Å²) in [5.74, 6) is 0. The Labute approximate surface area is 81.9 Å². The highest BCUT2D eigenvalue weighted by atomic mass is 35.5. The molecular formula is C10H9ClN2. The summed E-state index contributed by atoms with van der Waals surface area (Å²) in [4.78, 5) is 4.22. The van der Waals surface area contributed by atoms with Crippen molar-refractivity contribution in [2.24, 2.45) is 0 Å². The summed E-state index contributed by atoms with van der Waals surface area (Å²) in [6, 6.07) is 5.82. The molecule has 2 rings (SSSR count). The number of pyridine rings is 1. The molecule has 1 aromatic heterocycles. The number of aromatic nitrogens is 1. The van der Waals surface area contributed by atoms with Gasteiger partial charge in [-0.2, -0.15) is 0 Å². The highest BCUT2D eigenvalue weighted by molar-refractivity contribution is 6.21. The van der Waals surface area contributed by atoms with E-state index in [1.807, 2.05) is 36.6 Å². The maximum atomic E-state index is 5.81. The van der Waals surface area contributed by atoms with Crippen LogP contribution in [0.1, 0.15) is 5.69 Å². The van der Waals surface area contributed by atoms with Crippen LogP contribution in [-0.4, -0.2) is 10.5 Å². The minimum Gasteiger partial charge on any atom is -0.371 e. The molecule has 0 fully saturated rings. The zero-order valence-electron chi connectivity index (χ0n) is 6.94. The van der Waals surface area contributed by atoms with Crippen LogP contribution in [0.25, 0.3) is 5.57 Å². The first-order valence-corrected chi connectivity index (χ1v) is 4.50. The van der Waals surface area contributed by atoms with Crippen molar-refractivity contribution in [1.29, 1.82) is 0 Å². The fourth-order valence-corrected chi connectivity index (χ4v) is 1.29. The first-order chi connectivity index (χ1) is 6.36. The standard InChI is InChI=1S/C10H9ClN2/c11-10-5-4-8(7-13-10)9-3-1-2-6-12-9/h1-7,10,13H. The highest BCUT2D eigenvalue weighted by Crippen LogP contribution is 2.15. The smallest absolute Gasteiger partial charge is 0.120 e. The fraction of sp³-hybridized carbons (Fsp3) is 0.100. The lowest BCUT2D eigenvalue weighted by molar-refractivity contribution is 0.904. The van der Waals surface area contributed by atoms with Crippen LogP contribution in [0.15, 0.2) is 42.7 Å². The second-order valence-electron chi connectivity index (χ2n) is 2.74. The number of hydrogen-bond acceptors (Lipinski definition) is 2. The molecule has 0 aliphatic carbocycles. The molecule has 2 nitrogen and oxygen atoms in total. The van der Waals surface area contributed by atoms with E-state index in [4.69, 9.17) is 11.6 Å². The number of nitrogens with one attached hydrogen (secondary N) is 1. The van der Waals surface area contributed by atoms with E-state index >= 15 is 0 Å². The molecule has 0 radical (unpaired) electrons. The molecule has 1 aromatic rings. The van der Waals surface area contributed by atoms with Crippen LogP contribution in [0.5, 0.6) is 0 Å². The van der Waals surface area contributed by atoms with E-state index in [0.717, 1.165) is 11.3 Å². The van der Waals surface area contributed by atoms with Gasteiger partial charge in [-0.1, -0.05) is 23.7 Å². The van der Waals surface area contributed by atoms with Gasteiger partial charge in [0, 0.05) is 18.0 Å². The molecule has 3 heteroatoms. The lowest BCUT2D eigenvalue weighted by Gasteiger charge is -2.11. The van der Waals surface area contributed by atoms with Crippen LogP contribution < -0.4 is 5.32 Å². The molecule has 0 aromatic carbocycles. The first kappa shape index (κ1) is 8.32. The van der Waals surface area contributed by atoms with Crippen molar-refractivity contribution in [2.75, 3.05) is 0 Å². The number of alkyl halides is 1. The zero-order chi connectivity index (χ0) is 9.10. The molecule has 0 saturated heterocycles.